The first kappa shape index (κ1) is 12.6. The first-order valence-corrected chi connectivity index (χ1v) is 5.87. The van der Waals surface area contributed by atoms with Crippen LogP contribution in [-0.2, 0) is 6.42 Å². The van der Waals surface area contributed by atoms with Crippen LogP contribution in [0.4, 0.5) is 0 Å². The summed E-state index contributed by atoms with van der Waals surface area (Å²) in [6.45, 7) is 2.45. The quantitative estimate of drug-likeness (QED) is 0.622. The predicted molar refractivity (Wildman–Crippen MR) is 68.6 cm³/mol. The van der Waals surface area contributed by atoms with E-state index in [2.05, 4.69) is 4.99 Å². The van der Waals surface area contributed by atoms with Gasteiger partial charge in [-0.25, -0.2) is 4.79 Å². The van der Waals surface area contributed by atoms with Gasteiger partial charge in [-0.2, -0.15) is 0 Å². The van der Waals surface area contributed by atoms with Crippen molar-refractivity contribution in [1.82, 2.24) is 0 Å². The average molecular weight is 247 g/mol. The van der Waals surface area contributed by atoms with Crippen molar-refractivity contribution in [3.63, 3.8) is 0 Å². The molecule has 0 amide bonds. The van der Waals surface area contributed by atoms with Crippen LogP contribution in [0.1, 0.15) is 28.4 Å². The zero-order valence-electron chi connectivity index (χ0n) is 10.1. The van der Waals surface area contributed by atoms with Crippen molar-refractivity contribution in [1.29, 1.82) is 0 Å². The molecule has 1 heterocycles. The number of carbonyl (C=O) groups is 1. The third kappa shape index (κ3) is 2.38. The molecule has 2 rings (SSSR count). The molecule has 0 bridgehead atoms. The number of aromatic carboxylic acids is 1. The molecule has 1 aliphatic heterocycles. The SMILES string of the molecule is CC/N=C/c1ccc2c(c1C(=O)O)OB(O)CC2. The Kier molecular flexibility index (Phi) is 3.67. The Hall–Kier alpha value is -1.82. The fraction of sp³-hybridized carbons (Fsp3) is 0.333. The van der Waals surface area contributed by atoms with Gasteiger partial charge in [-0.3, -0.25) is 4.99 Å². The number of hydrogen-bond donors (Lipinski definition) is 2. The van der Waals surface area contributed by atoms with Gasteiger partial charge < -0.3 is 14.8 Å². The Bertz CT molecular complexity index is 501. The van der Waals surface area contributed by atoms with Crippen LogP contribution < -0.4 is 4.65 Å². The highest BCUT2D eigenvalue weighted by Gasteiger charge is 2.28. The normalized spacial score (nSPS) is 14.4. The van der Waals surface area contributed by atoms with Crippen LogP contribution >= 0.6 is 0 Å². The van der Waals surface area contributed by atoms with Crippen LogP contribution in [0.15, 0.2) is 17.1 Å². The van der Waals surface area contributed by atoms with E-state index in [1.54, 1.807) is 6.07 Å². The first-order valence-electron chi connectivity index (χ1n) is 5.87. The third-order valence-corrected chi connectivity index (χ3v) is 2.81. The minimum Gasteiger partial charge on any atom is -0.535 e. The summed E-state index contributed by atoms with van der Waals surface area (Å²) in [6.07, 6.45) is 2.62. The molecule has 5 nitrogen and oxygen atoms in total. The van der Waals surface area contributed by atoms with Crippen molar-refractivity contribution >= 4 is 19.3 Å². The molecular formula is C12H14BNO4. The second kappa shape index (κ2) is 5.22. The van der Waals surface area contributed by atoms with E-state index in [1.165, 1.54) is 6.21 Å². The van der Waals surface area contributed by atoms with Crippen LogP contribution in [-0.4, -0.2) is 36.0 Å². The number of benzene rings is 1. The summed E-state index contributed by atoms with van der Waals surface area (Å²) in [5.41, 5.74) is 1.38. The molecular weight excluding hydrogens is 233 g/mol. The molecule has 1 aliphatic rings. The molecule has 2 N–H and O–H groups in total. The summed E-state index contributed by atoms with van der Waals surface area (Å²) in [7, 11) is -0.936. The Morgan fingerprint density at radius 3 is 3.06 bits per heavy atom. The van der Waals surface area contributed by atoms with E-state index < -0.39 is 13.1 Å². The highest BCUT2D eigenvalue weighted by Crippen LogP contribution is 2.32. The third-order valence-electron chi connectivity index (χ3n) is 2.81. The van der Waals surface area contributed by atoms with Crippen molar-refractivity contribution in [3.8, 4) is 5.75 Å². The minimum atomic E-state index is -1.07. The summed E-state index contributed by atoms with van der Waals surface area (Å²) in [6, 6.07) is 3.55. The minimum absolute atomic E-state index is 0.0726. The van der Waals surface area contributed by atoms with E-state index in [0.717, 1.165) is 5.56 Å². The summed E-state index contributed by atoms with van der Waals surface area (Å²) in [5, 5.41) is 18.8. The zero-order chi connectivity index (χ0) is 13.1. The lowest BCUT2D eigenvalue weighted by Crippen LogP contribution is -2.28. The second-order valence-electron chi connectivity index (χ2n) is 4.06. The number of aryl methyl sites for hydroxylation is 1. The van der Waals surface area contributed by atoms with Crippen molar-refractivity contribution in [2.45, 2.75) is 19.7 Å². The lowest BCUT2D eigenvalue weighted by Gasteiger charge is -2.22. The molecule has 0 atom stereocenters. The fourth-order valence-corrected chi connectivity index (χ4v) is 1.96. The lowest BCUT2D eigenvalue weighted by molar-refractivity contribution is 0.0694. The molecule has 0 radical (unpaired) electrons. The molecule has 94 valence electrons. The molecule has 0 unspecified atom stereocenters. The number of aliphatic imine (C=N–C) groups is 1. The molecule has 0 saturated carbocycles. The first-order chi connectivity index (χ1) is 8.63. The number of carboxylic acids is 1. The molecule has 6 heteroatoms. The summed E-state index contributed by atoms with van der Waals surface area (Å²) < 4.78 is 5.26. The Morgan fingerprint density at radius 2 is 2.39 bits per heavy atom. The zero-order valence-corrected chi connectivity index (χ0v) is 10.1. The highest BCUT2D eigenvalue weighted by atomic mass is 16.5. The number of rotatable bonds is 3. The fourth-order valence-electron chi connectivity index (χ4n) is 1.96. The van der Waals surface area contributed by atoms with E-state index in [1.807, 2.05) is 13.0 Å². The van der Waals surface area contributed by atoms with Crippen LogP contribution in [0.5, 0.6) is 5.75 Å². The molecule has 1 aromatic rings. The van der Waals surface area contributed by atoms with Gasteiger partial charge in [-0.15, -0.1) is 0 Å². The molecule has 18 heavy (non-hydrogen) atoms. The summed E-state index contributed by atoms with van der Waals surface area (Å²) >= 11 is 0. The van der Waals surface area contributed by atoms with Crippen LogP contribution in [0.2, 0.25) is 6.32 Å². The highest BCUT2D eigenvalue weighted by molar-refractivity contribution is 6.44. The number of hydrogen-bond acceptors (Lipinski definition) is 4. The summed E-state index contributed by atoms with van der Waals surface area (Å²) in [5.74, 6) is -0.806. The van der Waals surface area contributed by atoms with Gasteiger partial charge in [0.1, 0.15) is 11.3 Å². The lowest BCUT2D eigenvalue weighted by atomic mass is 9.78. The maximum atomic E-state index is 11.3. The largest absolute Gasteiger partial charge is 0.535 e. The van der Waals surface area contributed by atoms with E-state index in [4.69, 9.17) is 4.65 Å². The Morgan fingerprint density at radius 1 is 1.61 bits per heavy atom. The van der Waals surface area contributed by atoms with Gasteiger partial charge in [0.25, 0.3) is 0 Å². The van der Waals surface area contributed by atoms with Crippen LogP contribution in [0, 0.1) is 0 Å². The van der Waals surface area contributed by atoms with Crippen LogP contribution in [0.25, 0.3) is 0 Å². The molecule has 0 fully saturated rings. The average Bonchev–Trinajstić information content (AvgIpc) is 2.34. The monoisotopic (exact) mass is 247 g/mol. The Labute approximate surface area is 105 Å². The van der Waals surface area contributed by atoms with Crippen LogP contribution in [0.3, 0.4) is 0 Å². The predicted octanol–water partition coefficient (Wildman–Crippen LogP) is 1.24. The Balaban J connectivity index is 2.53. The molecule has 0 aromatic heterocycles. The van der Waals surface area contributed by atoms with E-state index >= 15 is 0 Å². The molecule has 1 aromatic carbocycles. The van der Waals surface area contributed by atoms with E-state index in [-0.39, 0.29) is 11.3 Å². The smallest absolute Gasteiger partial charge is 0.522 e. The van der Waals surface area contributed by atoms with Crippen molar-refractivity contribution in [2.75, 3.05) is 6.54 Å². The second-order valence-corrected chi connectivity index (χ2v) is 4.06. The van der Waals surface area contributed by atoms with Gasteiger partial charge in [-0.05, 0) is 25.2 Å². The molecule has 0 aliphatic carbocycles. The number of carboxylic acid groups (broad SMARTS) is 1. The molecule has 0 spiro atoms. The van der Waals surface area contributed by atoms with Gasteiger partial charge in [0, 0.05) is 18.3 Å². The topological polar surface area (TPSA) is 79.1 Å². The maximum Gasteiger partial charge on any atom is 0.522 e. The van der Waals surface area contributed by atoms with Crippen molar-refractivity contribution < 1.29 is 19.6 Å². The molecule has 0 saturated heterocycles. The van der Waals surface area contributed by atoms with Gasteiger partial charge >= 0.3 is 13.1 Å². The van der Waals surface area contributed by atoms with E-state index in [0.29, 0.717) is 24.8 Å². The van der Waals surface area contributed by atoms with E-state index in [9.17, 15) is 14.9 Å². The number of nitrogens with zero attached hydrogens (tertiary/aromatic N) is 1. The van der Waals surface area contributed by atoms with Gasteiger partial charge in [0.15, 0.2) is 0 Å². The van der Waals surface area contributed by atoms with Gasteiger partial charge in [-0.1, -0.05) is 12.1 Å². The number of fused-ring (bicyclic) bond motifs is 1. The van der Waals surface area contributed by atoms with Gasteiger partial charge in [0.05, 0.1) is 0 Å². The van der Waals surface area contributed by atoms with Crippen molar-refractivity contribution in [2.24, 2.45) is 4.99 Å². The summed E-state index contributed by atoms with van der Waals surface area (Å²) in [4.78, 5) is 15.4. The van der Waals surface area contributed by atoms with Gasteiger partial charge in [0.2, 0.25) is 0 Å². The maximum absolute atomic E-state index is 11.3. The standard InChI is InChI=1S/C12H14BNO4/c1-2-14-7-9-4-3-8-5-6-13(17)18-11(8)10(9)12(15)16/h3-4,7,17H,2,5-6H2,1H3,(H,15,16)/b14-7+. The van der Waals surface area contributed by atoms with Crippen molar-refractivity contribution in [3.05, 3.63) is 28.8 Å².